The summed E-state index contributed by atoms with van der Waals surface area (Å²) in [7, 11) is 0. The Morgan fingerprint density at radius 2 is 1.97 bits per heavy atom. The molecule has 0 amide bonds. The minimum Gasteiger partial charge on any atom is -0.457 e. The molecule has 0 bridgehead atoms. The van der Waals surface area contributed by atoms with Crippen LogP contribution in [0.3, 0.4) is 0 Å². The average Bonchev–Trinajstić information content (AvgIpc) is 3.31. The maximum atomic E-state index is 13.5. The largest absolute Gasteiger partial charge is 0.457 e. The standard InChI is InChI=1S/C27H35N5O3S/c1-18(2)21-17-36-23(29-21)8-6-19-10-13-32-22(16-19)30-25(31-14-11-28-12-15-31)20(26(32)34)7-9-24(33)35-27(3,4)5/h7,9-10,13,16-18,28H,6,8,11-12,14-15H2,1-5H3. The Kier molecular flexibility index (Phi) is 7.90. The van der Waals surface area contributed by atoms with Crippen molar-refractivity contribution in [3.63, 3.8) is 0 Å². The highest BCUT2D eigenvalue weighted by Gasteiger charge is 2.20. The van der Waals surface area contributed by atoms with Crippen molar-refractivity contribution >= 4 is 34.8 Å². The summed E-state index contributed by atoms with van der Waals surface area (Å²) in [6.07, 6.45) is 6.29. The quantitative estimate of drug-likeness (QED) is 0.383. The van der Waals surface area contributed by atoms with Gasteiger partial charge in [0.1, 0.15) is 17.1 Å². The maximum Gasteiger partial charge on any atom is 0.331 e. The van der Waals surface area contributed by atoms with Gasteiger partial charge in [0.2, 0.25) is 0 Å². The number of fused-ring (bicyclic) bond motifs is 1. The predicted octanol–water partition coefficient (Wildman–Crippen LogP) is 3.82. The van der Waals surface area contributed by atoms with Crippen LogP contribution in [-0.4, -0.2) is 52.1 Å². The van der Waals surface area contributed by atoms with E-state index in [4.69, 9.17) is 14.7 Å². The summed E-state index contributed by atoms with van der Waals surface area (Å²) >= 11 is 1.70. The number of carbonyl (C=O) groups excluding carboxylic acids is 1. The topological polar surface area (TPSA) is 88.8 Å². The van der Waals surface area contributed by atoms with Crippen LogP contribution in [0.1, 0.15) is 62.4 Å². The average molecular weight is 510 g/mol. The van der Waals surface area contributed by atoms with Crippen LogP contribution in [0.5, 0.6) is 0 Å². The monoisotopic (exact) mass is 509 g/mol. The van der Waals surface area contributed by atoms with Crippen LogP contribution in [0.4, 0.5) is 5.82 Å². The summed E-state index contributed by atoms with van der Waals surface area (Å²) < 4.78 is 6.93. The van der Waals surface area contributed by atoms with Crippen LogP contribution in [0, 0.1) is 0 Å². The Labute approximate surface area is 216 Å². The van der Waals surface area contributed by atoms with Crippen molar-refractivity contribution in [1.82, 2.24) is 19.7 Å². The van der Waals surface area contributed by atoms with Gasteiger partial charge in [-0.1, -0.05) is 13.8 Å². The molecule has 1 aliphatic heterocycles. The van der Waals surface area contributed by atoms with E-state index in [0.717, 1.165) is 55.3 Å². The molecule has 0 saturated carbocycles. The van der Waals surface area contributed by atoms with Gasteiger partial charge in [0.25, 0.3) is 5.56 Å². The molecular weight excluding hydrogens is 474 g/mol. The van der Waals surface area contributed by atoms with Crippen molar-refractivity contribution in [2.75, 3.05) is 31.1 Å². The number of aromatic nitrogens is 3. The van der Waals surface area contributed by atoms with Gasteiger partial charge in [-0.05, 0) is 56.9 Å². The molecule has 192 valence electrons. The Balaban J connectivity index is 1.65. The third-order valence-corrected chi connectivity index (χ3v) is 6.83. The number of piperazine rings is 1. The molecule has 1 N–H and O–H groups in total. The van der Waals surface area contributed by atoms with Crippen LogP contribution >= 0.6 is 11.3 Å². The molecule has 1 fully saturated rings. The number of hydrogen-bond acceptors (Lipinski definition) is 8. The lowest BCUT2D eigenvalue weighted by atomic mass is 10.1. The molecule has 4 rings (SSSR count). The second-order valence-electron chi connectivity index (χ2n) is 10.3. The van der Waals surface area contributed by atoms with Gasteiger partial charge >= 0.3 is 5.97 Å². The van der Waals surface area contributed by atoms with Crippen LogP contribution < -0.4 is 15.8 Å². The van der Waals surface area contributed by atoms with Gasteiger partial charge in [0, 0.05) is 50.3 Å². The van der Waals surface area contributed by atoms with E-state index in [1.807, 2.05) is 32.9 Å². The molecular formula is C27H35N5O3S. The molecule has 3 aromatic rings. The van der Waals surface area contributed by atoms with Gasteiger partial charge in [-0.15, -0.1) is 11.3 Å². The fraction of sp³-hybridized carbons (Fsp3) is 0.481. The molecule has 36 heavy (non-hydrogen) atoms. The zero-order valence-corrected chi connectivity index (χ0v) is 22.5. The summed E-state index contributed by atoms with van der Waals surface area (Å²) in [5, 5.41) is 6.58. The lowest BCUT2D eigenvalue weighted by Crippen LogP contribution is -2.45. The highest BCUT2D eigenvalue weighted by molar-refractivity contribution is 7.09. The van der Waals surface area contributed by atoms with Gasteiger partial charge in [0.15, 0.2) is 0 Å². The van der Waals surface area contributed by atoms with Crippen molar-refractivity contribution in [2.24, 2.45) is 0 Å². The molecule has 1 aliphatic rings. The normalized spacial score (nSPS) is 14.8. The van der Waals surface area contributed by atoms with Crippen molar-refractivity contribution in [3.8, 4) is 0 Å². The van der Waals surface area contributed by atoms with Crippen LogP contribution in [0.2, 0.25) is 0 Å². The first-order valence-corrected chi connectivity index (χ1v) is 13.3. The second-order valence-corrected chi connectivity index (χ2v) is 11.3. The van der Waals surface area contributed by atoms with Crippen molar-refractivity contribution in [1.29, 1.82) is 0 Å². The summed E-state index contributed by atoms with van der Waals surface area (Å²) in [5.74, 6) is 0.532. The van der Waals surface area contributed by atoms with E-state index in [-0.39, 0.29) is 5.56 Å². The molecule has 0 spiro atoms. The van der Waals surface area contributed by atoms with E-state index >= 15 is 0 Å². The van der Waals surface area contributed by atoms with Crippen LogP contribution in [0.25, 0.3) is 11.7 Å². The van der Waals surface area contributed by atoms with Crippen molar-refractivity contribution in [3.05, 3.63) is 62.0 Å². The number of aryl methyl sites for hydroxylation is 2. The molecule has 1 saturated heterocycles. The number of pyridine rings is 1. The van der Waals surface area contributed by atoms with E-state index in [2.05, 4.69) is 29.4 Å². The molecule has 3 aromatic heterocycles. The highest BCUT2D eigenvalue weighted by Crippen LogP contribution is 2.21. The number of nitrogens with one attached hydrogen (secondary N) is 1. The molecule has 0 radical (unpaired) electrons. The van der Waals surface area contributed by atoms with Gasteiger partial charge < -0.3 is 15.0 Å². The lowest BCUT2D eigenvalue weighted by Gasteiger charge is -2.29. The number of rotatable bonds is 7. The van der Waals surface area contributed by atoms with E-state index in [0.29, 0.717) is 22.9 Å². The lowest BCUT2D eigenvalue weighted by molar-refractivity contribution is -0.148. The van der Waals surface area contributed by atoms with Gasteiger partial charge in [-0.2, -0.15) is 0 Å². The van der Waals surface area contributed by atoms with E-state index < -0.39 is 11.6 Å². The molecule has 9 heteroatoms. The summed E-state index contributed by atoms with van der Waals surface area (Å²) in [5.41, 5.74) is 2.41. The number of nitrogens with zero attached hydrogens (tertiary/aromatic N) is 4. The summed E-state index contributed by atoms with van der Waals surface area (Å²) in [4.78, 5) is 37.6. The first-order chi connectivity index (χ1) is 17.1. The van der Waals surface area contributed by atoms with Crippen molar-refractivity contribution < 1.29 is 9.53 Å². The highest BCUT2D eigenvalue weighted by atomic mass is 32.1. The van der Waals surface area contributed by atoms with E-state index in [1.165, 1.54) is 12.2 Å². The Morgan fingerprint density at radius 3 is 2.64 bits per heavy atom. The van der Waals surface area contributed by atoms with Gasteiger partial charge in [0.05, 0.1) is 16.3 Å². The fourth-order valence-corrected chi connectivity index (χ4v) is 5.00. The third kappa shape index (κ3) is 6.39. The minimum atomic E-state index is -0.606. The summed E-state index contributed by atoms with van der Waals surface area (Å²) in [6.45, 7) is 12.8. The number of carbonyl (C=O) groups is 1. The number of hydrogen-bond donors (Lipinski definition) is 1. The zero-order chi connectivity index (χ0) is 25.9. The number of thiazole rings is 1. The van der Waals surface area contributed by atoms with Crippen LogP contribution in [0.15, 0.2) is 34.6 Å². The number of anilines is 1. The molecule has 0 unspecified atom stereocenters. The molecule has 8 nitrogen and oxygen atoms in total. The fourth-order valence-electron chi connectivity index (χ4n) is 4.04. The smallest absolute Gasteiger partial charge is 0.331 e. The SMILES string of the molecule is CC(C)c1csc(CCc2ccn3c(=O)c(C=CC(=O)OC(C)(C)C)c(N4CCNCC4)nc3c2)n1. The minimum absolute atomic E-state index is 0.207. The Bertz CT molecular complexity index is 1310. The second kappa shape index (κ2) is 10.9. The molecule has 0 aromatic carbocycles. The summed E-state index contributed by atoms with van der Waals surface area (Å²) in [6, 6.07) is 3.93. The van der Waals surface area contributed by atoms with E-state index in [9.17, 15) is 9.59 Å². The van der Waals surface area contributed by atoms with Crippen LogP contribution in [-0.2, 0) is 22.4 Å². The number of esters is 1. The first-order valence-electron chi connectivity index (χ1n) is 12.5. The molecule has 0 aliphatic carbocycles. The van der Waals surface area contributed by atoms with Crippen molar-refractivity contribution in [2.45, 2.75) is 59.0 Å². The zero-order valence-electron chi connectivity index (χ0n) is 21.7. The molecule has 4 heterocycles. The first kappa shape index (κ1) is 26.0. The van der Waals surface area contributed by atoms with Gasteiger partial charge in [-0.25, -0.2) is 14.8 Å². The predicted molar refractivity (Wildman–Crippen MR) is 145 cm³/mol. The Hall–Kier alpha value is -3.04. The third-order valence-electron chi connectivity index (χ3n) is 5.91. The van der Waals surface area contributed by atoms with E-state index in [1.54, 1.807) is 21.9 Å². The molecule has 0 atom stereocenters. The number of ether oxygens (including phenoxy) is 1. The Morgan fingerprint density at radius 1 is 1.22 bits per heavy atom. The maximum absolute atomic E-state index is 13.5. The van der Waals surface area contributed by atoms with Gasteiger partial charge in [-0.3, -0.25) is 9.20 Å².